The Morgan fingerprint density at radius 2 is 0.726 bits per heavy atom. The second kappa shape index (κ2) is 56.7. The van der Waals surface area contributed by atoms with Crippen LogP contribution in [0.2, 0.25) is 0 Å². The maximum atomic E-state index is 12.7. The van der Waals surface area contributed by atoms with Gasteiger partial charge in [0.05, 0.1) is 13.2 Å². The van der Waals surface area contributed by atoms with Crippen molar-refractivity contribution in [3.8, 4) is 0 Å². The lowest BCUT2D eigenvalue weighted by Crippen LogP contribution is -2.29. The van der Waals surface area contributed by atoms with Crippen molar-refractivity contribution in [2.45, 2.75) is 187 Å². The number of phosphoric acid groups is 1. The first-order chi connectivity index (χ1) is 35.8. The summed E-state index contributed by atoms with van der Waals surface area (Å²) in [5, 5.41) is 0. The van der Waals surface area contributed by atoms with E-state index in [9.17, 15) is 19.0 Å². The third kappa shape index (κ3) is 56.5. The van der Waals surface area contributed by atoms with Crippen molar-refractivity contribution < 1.29 is 37.6 Å². The van der Waals surface area contributed by atoms with E-state index in [1.165, 1.54) is 12.8 Å². The van der Waals surface area contributed by atoms with Crippen LogP contribution in [0.3, 0.4) is 0 Å². The van der Waals surface area contributed by atoms with Crippen LogP contribution in [0.1, 0.15) is 181 Å². The van der Waals surface area contributed by atoms with Crippen molar-refractivity contribution in [2.75, 3.05) is 26.4 Å². The molecule has 0 aliphatic heterocycles. The van der Waals surface area contributed by atoms with E-state index in [1.807, 2.05) is 6.08 Å². The number of nitrogens with two attached hydrogens (primary N) is 1. The average molecular weight is 1030 g/mol. The van der Waals surface area contributed by atoms with Gasteiger partial charge in [0, 0.05) is 19.4 Å². The van der Waals surface area contributed by atoms with E-state index in [2.05, 4.69) is 178 Å². The monoisotopic (exact) mass is 1030 g/mol. The molecule has 0 radical (unpaired) electrons. The summed E-state index contributed by atoms with van der Waals surface area (Å²) in [6, 6.07) is 0. The van der Waals surface area contributed by atoms with Gasteiger partial charge in [-0.05, 0) is 122 Å². The molecular formula is C63H98NO8P. The molecule has 3 N–H and O–H groups in total. The molecule has 0 aromatic heterocycles. The van der Waals surface area contributed by atoms with Crippen molar-refractivity contribution in [3.63, 3.8) is 0 Å². The first-order valence-electron chi connectivity index (χ1n) is 27.6. The molecule has 0 aromatic carbocycles. The molecule has 0 amide bonds. The maximum absolute atomic E-state index is 12.7. The fraction of sp³-hybridized carbons (Fsp3) is 0.524. The number of allylic oxidation sites excluding steroid dienone is 28. The van der Waals surface area contributed by atoms with Gasteiger partial charge in [-0.25, -0.2) is 4.57 Å². The van der Waals surface area contributed by atoms with Gasteiger partial charge in [-0.2, -0.15) is 0 Å². The minimum atomic E-state index is -4.42. The van der Waals surface area contributed by atoms with Crippen LogP contribution in [-0.2, 0) is 32.7 Å². The van der Waals surface area contributed by atoms with E-state index >= 15 is 0 Å². The summed E-state index contributed by atoms with van der Waals surface area (Å²) < 4.78 is 32.9. The summed E-state index contributed by atoms with van der Waals surface area (Å²) in [6.07, 6.45) is 84.0. The topological polar surface area (TPSA) is 134 Å². The summed E-state index contributed by atoms with van der Waals surface area (Å²) in [5.41, 5.74) is 5.37. The Hall–Kier alpha value is -4.63. The molecule has 0 saturated heterocycles. The zero-order valence-corrected chi connectivity index (χ0v) is 46.2. The molecular weight excluding hydrogens is 930 g/mol. The highest BCUT2D eigenvalue weighted by Gasteiger charge is 2.26. The van der Waals surface area contributed by atoms with Gasteiger partial charge in [0.25, 0.3) is 0 Å². The Labute approximate surface area is 444 Å². The van der Waals surface area contributed by atoms with Gasteiger partial charge in [-0.3, -0.25) is 18.6 Å². The SMILES string of the molecule is CC/C=C\C/C=C\C/C=C\C/C=C\C/C=C\C/C=C\C/C=C\CCCCCCCCCC(=O)OC(COC(=O)CCC/C=C\C/C=C\C/C=C\C/C=C\C/C=C\C/C=C\C/C=C\CC)COP(=O)(O)OCCN. The molecule has 0 fully saturated rings. The largest absolute Gasteiger partial charge is 0.472 e. The van der Waals surface area contributed by atoms with E-state index in [0.29, 0.717) is 12.8 Å². The predicted octanol–water partition coefficient (Wildman–Crippen LogP) is 17.5. The van der Waals surface area contributed by atoms with Crippen LogP contribution < -0.4 is 5.73 Å². The highest BCUT2D eigenvalue weighted by atomic mass is 31.2. The second-order valence-corrected chi connectivity index (χ2v) is 18.8. The molecule has 0 aliphatic carbocycles. The van der Waals surface area contributed by atoms with Crippen LogP contribution in [0.15, 0.2) is 170 Å². The van der Waals surface area contributed by atoms with Crippen molar-refractivity contribution in [3.05, 3.63) is 170 Å². The Morgan fingerprint density at radius 3 is 1.10 bits per heavy atom. The molecule has 0 spiro atoms. The Morgan fingerprint density at radius 1 is 0.411 bits per heavy atom. The maximum Gasteiger partial charge on any atom is 0.472 e. The van der Waals surface area contributed by atoms with E-state index in [-0.39, 0.29) is 32.6 Å². The van der Waals surface area contributed by atoms with Gasteiger partial charge in [0.2, 0.25) is 0 Å². The van der Waals surface area contributed by atoms with Gasteiger partial charge in [-0.1, -0.05) is 216 Å². The van der Waals surface area contributed by atoms with Crippen LogP contribution >= 0.6 is 7.82 Å². The standard InChI is InChI=1S/C63H98NO8P/c1-3-5-7-9-11-13-15-17-19-21-23-25-27-28-29-30-31-32-34-36-38-40-42-44-46-48-50-52-54-56-63(66)72-61(60-71-73(67,68)70-58-57-64)59-69-62(65)55-53-51-49-47-45-43-41-39-37-35-33-26-24-22-20-18-16-14-12-10-8-6-4-2/h5-8,11-14,17-20,23-26,28-29,31-32,35-38,41,43,47,49,61H,3-4,9-10,15-16,21-22,27,30,33-34,39-40,42,44-46,48,50-60,64H2,1-2H3,(H,67,68)/b7-5-,8-6-,13-11-,14-12-,19-17-,20-18-,25-23-,26-24-,29-28-,32-31-,37-35-,38-36-,43-41-,49-47-. The van der Waals surface area contributed by atoms with Gasteiger partial charge < -0.3 is 20.1 Å². The first-order valence-corrected chi connectivity index (χ1v) is 29.1. The minimum Gasteiger partial charge on any atom is -0.462 e. The summed E-state index contributed by atoms with van der Waals surface area (Å²) in [5.74, 6) is -0.928. The normalized spacial score (nSPS) is 14.4. The Balaban J connectivity index is 4.19. The van der Waals surface area contributed by atoms with Crippen LogP contribution in [-0.4, -0.2) is 49.3 Å². The number of esters is 2. The van der Waals surface area contributed by atoms with Crippen LogP contribution in [0.4, 0.5) is 0 Å². The molecule has 0 saturated carbocycles. The average Bonchev–Trinajstić information content (AvgIpc) is 3.38. The summed E-state index contributed by atoms with van der Waals surface area (Å²) >= 11 is 0. The van der Waals surface area contributed by atoms with Crippen molar-refractivity contribution >= 4 is 19.8 Å². The van der Waals surface area contributed by atoms with Crippen LogP contribution in [0.25, 0.3) is 0 Å². The van der Waals surface area contributed by atoms with E-state index in [1.54, 1.807) is 0 Å². The number of rotatable bonds is 49. The number of hydrogen-bond donors (Lipinski definition) is 2. The van der Waals surface area contributed by atoms with Gasteiger partial charge in [0.15, 0.2) is 6.10 Å². The lowest BCUT2D eigenvalue weighted by atomic mass is 10.1. The smallest absolute Gasteiger partial charge is 0.462 e. The number of phosphoric ester groups is 1. The van der Waals surface area contributed by atoms with Crippen LogP contribution in [0.5, 0.6) is 0 Å². The Bertz CT molecular complexity index is 1790. The van der Waals surface area contributed by atoms with Crippen molar-refractivity contribution in [1.82, 2.24) is 0 Å². The van der Waals surface area contributed by atoms with E-state index in [0.717, 1.165) is 128 Å². The molecule has 0 bridgehead atoms. The number of hydrogen-bond acceptors (Lipinski definition) is 8. The number of unbranched alkanes of at least 4 members (excludes halogenated alkanes) is 8. The summed E-state index contributed by atoms with van der Waals surface area (Å²) in [7, 11) is -4.42. The third-order valence-corrected chi connectivity index (χ3v) is 11.6. The molecule has 2 unspecified atom stereocenters. The van der Waals surface area contributed by atoms with Gasteiger partial charge >= 0.3 is 19.8 Å². The quantitative estimate of drug-likeness (QED) is 0.0264. The fourth-order valence-corrected chi connectivity index (χ4v) is 7.37. The molecule has 10 heteroatoms. The van der Waals surface area contributed by atoms with Crippen molar-refractivity contribution in [2.24, 2.45) is 5.73 Å². The molecule has 0 aromatic rings. The molecule has 0 heterocycles. The molecule has 0 rings (SSSR count). The highest BCUT2D eigenvalue weighted by Crippen LogP contribution is 2.43. The third-order valence-electron chi connectivity index (χ3n) is 10.6. The predicted molar refractivity (Wildman–Crippen MR) is 311 cm³/mol. The summed E-state index contributed by atoms with van der Waals surface area (Å²) in [4.78, 5) is 35.1. The van der Waals surface area contributed by atoms with Gasteiger partial charge in [-0.15, -0.1) is 0 Å². The summed E-state index contributed by atoms with van der Waals surface area (Å²) in [6.45, 7) is 3.40. The molecule has 0 aliphatic rings. The number of ether oxygens (including phenoxy) is 2. The molecule has 408 valence electrons. The second-order valence-electron chi connectivity index (χ2n) is 17.3. The highest BCUT2D eigenvalue weighted by molar-refractivity contribution is 7.47. The first kappa shape index (κ1) is 68.4. The number of carbonyl (C=O) groups is 2. The zero-order chi connectivity index (χ0) is 53.1. The molecule has 9 nitrogen and oxygen atoms in total. The minimum absolute atomic E-state index is 0.0330. The van der Waals surface area contributed by atoms with E-state index in [4.69, 9.17) is 24.3 Å². The zero-order valence-electron chi connectivity index (χ0n) is 45.3. The van der Waals surface area contributed by atoms with Gasteiger partial charge in [0.1, 0.15) is 6.61 Å². The fourth-order valence-electron chi connectivity index (χ4n) is 6.60. The number of carbonyl (C=O) groups excluding carboxylic acids is 2. The lowest BCUT2D eigenvalue weighted by molar-refractivity contribution is -0.161. The van der Waals surface area contributed by atoms with E-state index < -0.39 is 32.5 Å². The lowest BCUT2D eigenvalue weighted by Gasteiger charge is -2.19. The van der Waals surface area contributed by atoms with Crippen LogP contribution in [0, 0.1) is 0 Å². The molecule has 2 atom stereocenters. The molecule has 73 heavy (non-hydrogen) atoms. The van der Waals surface area contributed by atoms with Crippen molar-refractivity contribution in [1.29, 1.82) is 0 Å². The Kier molecular flexibility index (Phi) is 53.1.